The third-order valence-corrected chi connectivity index (χ3v) is 8.24. The molecule has 0 bridgehead atoms. The minimum Gasteiger partial charge on any atom is -0.463 e. The number of ether oxygens (including phenoxy) is 2. The molecule has 0 heterocycles. The Labute approximate surface area is 265 Å². The molecule has 0 aliphatic heterocycles. The monoisotopic (exact) mass is 615 g/mol. The molecule has 9 heteroatoms. The van der Waals surface area contributed by atoms with Gasteiger partial charge in [0.2, 0.25) is 11.8 Å². The Morgan fingerprint density at radius 2 is 1.45 bits per heavy atom. The first-order chi connectivity index (χ1) is 20.1. The summed E-state index contributed by atoms with van der Waals surface area (Å²) in [6.07, 6.45) is 1.70. The van der Waals surface area contributed by atoms with Gasteiger partial charge in [-0.15, -0.1) is 0 Å². The fourth-order valence-electron chi connectivity index (χ4n) is 5.14. The Balaban J connectivity index is 3.65. The predicted octanol–water partition coefficient (Wildman–Crippen LogP) is 6.11. The molecule has 0 unspecified atom stereocenters. The zero-order chi connectivity index (χ0) is 34.2. The van der Waals surface area contributed by atoms with E-state index < -0.39 is 52.5 Å². The molecule has 3 atom stereocenters. The van der Waals surface area contributed by atoms with Crippen molar-refractivity contribution in [3.63, 3.8) is 0 Å². The predicted molar refractivity (Wildman–Crippen MR) is 175 cm³/mol. The van der Waals surface area contributed by atoms with Crippen LogP contribution in [0.1, 0.15) is 95.1 Å². The second-order valence-corrected chi connectivity index (χ2v) is 14.1. The minimum atomic E-state index is -1.01. The van der Waals surface area contributed by atoms with Crippen LogP contribution in [0.4, 0.5) is 4.79 Å². The van der Waals surface area contributed by atoms with Crippen molar-refractivity contribution in [2.45, 2.75) is 119 Å². The summed E-state index contributed by atoms with van der Waals surface area (Å²) in [5.41, 5.74) is -1.01. The number of hydrogen-bond acceptors (Lipinski definition) is 6. The number of nitrogens with zero attached hydrogens (tertiary/aromatic N) is 2. The quantitative estimate of drug-likeness (QED) is 0.212. The Bertz CT molecular complexity index is 1170. The molecule has 1 aromatic carbocycles. The van der Waals surface area contributed by atoms with Crippen molar-refractivity contribution in [3.8, 4) is 0 Å². The van der Waals surface area contributed by atoms with Crippen LogP contribution in [0.5, 0.6) is 0 Å². The molecule has 1 rings (SSSR count). The SMILES string of the molecule is CCOC(=O)C(C)=C[C@H](C(C)C)N(C)C(=O)[C@@H](NC(=O)[C@@H](N(C)C(=O)OC(C)(C)C)C(C)(C)c1ccccc1)C(C)(C)CC. The van der Waals surface area contributed by atoms with E-state index in [0.717, 1.165) is 5.56 Å². The molecule has 0 saturated carbocycles. The highest BCUT2D eigenvalue weighted by molar-refractivity contribution is 5.93. The number of carbonyl (C=O) groups is 4. The van der Waals surface area contributed by atoms with Crippen molar-refractivity contribution in [1.82, 2.24) is 15.1 Å². The van der Waals surface area contributed by atoms with Gasteiger partial charge < -0.3 is 19.7 Å². The molecule has 0 aromatic heterocycles. The minimum absolute atomic E-state index is 0.0301. The number of hydrogen-bond donors (Lipinski definition) is 1. The van der Waals surface area contributed by atoms with Gasteiger partial charge in [0.15, 0.2) is 0 Å². The van der Waals surface area contributed by atoms with Gasteiger partial charge in [0.25, 0.3) is 0 Å². The van der Waals surface area contributed by atoms with Crippen molar-refractivity contribution in [2.24, 2.45) is 11.3 Å². The molecule has 3 amide bonds. The summed E-state index contributed by atoms with van der Waals surface area (Å²) in [5, 5.41) is 3.06. The van der Waals surface area contributed by atoms with Crippen LogP contribution in [0.2, 0.25) is 0 Å². The van der Waals surface area contributed by atoms with Crippen LogP contribution < -0.4 is 5.32 Å². The van der Waals surface area contributed by atoms with Crippen molar-refractivity contribution in [2.75, 3.05) is 20.7 Å². The molecule has 0 saturated heterocycles. The van der Waals surface area contributed by atoms with Crippen molar-refractivity contribution >= 4 is 23.9 Å². The second kappa shape index (κ2) is 15.6. The lowest BCUT2D eigenvalue weighted by Crippen LogP contribution is -2.63. The first-order valence-electron chi connectivity index (χ1n) is 15.6. The third-order valence-electron chi connectivity index (χ3n) is 8.24. The summed E-state index contributed by atoms with van der Waals surface area (Å²) in [7, 11) is 3.24. The Morgan fingerprint density at radius 1 is 0.909 bits per heavy atom. The lowest BCUT2D eigenvalue weighted by atomic mass is 9.75. The Hall–Kier alpha value is -3.36. The molecule has 1 N–H and O–H groups in total. The van der Waals surface area contributed by atoms with Gasteiger partial charge in [-0.1, -0.05) is 84.9 Å². The number of likely N-dealkylation sites (N-methyl/N-ethyl adjacent to an activating group) is 2. The number of carbonyl (C=O) groups excluding carboxylic acids is 4. The molecule has 44 heavy (non-hydrogen) atoms. The van der Waals surface area contributed by atoms with Crippen LogP contribution in [0.3, 0.4) is 0 Å². The van der Waals surface area contributed by atoms with Crippen LogP contribution in [0.15, 0.2) is 42.0 Å². The average molecular weight is 616 g/mol. The number of rotatable bonds is 13. The first-order valence-corrected chi connectivity index (χ1v) is 15.6. The summed E-state index contributed by atoms with van der Waals surface area (Å²) < 4.78 is 10.8. The summed E-state index contributed by atoms with van der Waals surface area (Å²) in [6, 6.07) is 7.13. The van der Waals surface area contributed by atoms with Gasteiger partial charge in [-0.2, -0.15) is 0 Å². The molecular weight excluding hydrogens is 558 g/mol. The molecule has 0 aliphatic carbocycles. The third kappa shape index (κ3) is 10.1. The first kappa shape index (κ1) is 38.7. The molecule has 0 spiro atoms. The van der Waals surface area contributed by atoms with E-state index in [9.17, 15) is 19.2 Å². The fraction of sp³-hybridized carbons (Fsp3) is 0.657. The van der Waals surface area contributed by atoms with Crippen molar-refractivity contribution in [3.05, 3.63) is 47.5 Å². The number of nitrogens with one attached hydrogen (secondary N) is 1. The molecule has 248 valence electrons. The van der Waals surface area contributed by atoms with Gasteiger partial charge in [0.1, 0.15) is 17.7 Å². The summed E-state index contributed by atoms with van der Waals surface area (Å²) in [4.78, 5) is 57.3. The van der Waals surface area contributed by atoms with Crippen LogP contribution >= 0.6 is 0 Å². The van der Waals surface area contributed by atoms with E-state index in [1.165, 1.54) is 4.90 Å². The van der Waals surface area contributed by atoms with Crippen LogP contribution in [0.25, 0.3) is 0 Å². The van der Waals surface area contributed by atoms with Gasteiger partial charge in [0, 0.05) is 25.1 Å². The fourth-order valence-corrected chi connectivity index (χ4v) is 5.14. The summed E-state index contributed by atoms with van der Waals surface area (Å²) >= 11 is 0. The smallest absolute Gasteiger partial charge is 0.410 e. The Kier molecular flexibility index (Phi) is 13.7. The normalized spacial score (nSPS) is 14.8. The highest BCUT2D eigenvalue weighted by Crippen LogP contribution is 2.33. The van der Waals surface area contributed by atoms with Crippen LogP contribution in [-0.4, -0.2) is 78.1 Å². The maximum atomic E-state index is 14.4. The average Bonchev–Trinajstić information content (AvgIpc) is 2.93. The number of esters is 1. The largest absolute Gasteiger partial charge is 0.463 e. The molecular formula is C35H57N3O6. The van der Waals surface area contributed by atoms with E-state index in [0.29, 0.717) is 12.0 Å². The van der Waals surface area contributed by atoms with Crippen molar-refractivity contribution < 1.29 is 28.7 Å². The van der Waals surface area contributed by atoms with Gasteiger partial charge in [-0.05, 0) is 57.9 Å². The van der Waals surface area contributed by atoms with E-state index in [-0.39, 0.29) is 18.4 Å². The van der Waals surface area contributed by atoms with E-state index in [1.54, 1.807) is 59.7 Å². The van der Waals surface area contributed by atoms with Crippen LogP contribution in [0, 0.1) is 11.3 Å². The maximum Gasteiger partial charge on any atom is 0.410 e. The number of benzene rings is 1. The topological polar surface area (TPSA) is 105 Å². The van der Waals surface area contributed by atoms with E-state index in [4.69, 9.17) is 9.47 Å². The van der Waals surface area contributed by atoms with Crippen molar-refractivity contribution in [1.29, 1.82) is 0 Å². The number of amides is 3. The molecule has 1 aromatic rings. The molecule has 0 fully saturated rings. The lowest BCUT2D eigenvalue weighted by molar-refractivity contribution is -0.142. The lowest BCUT2D eigenvalue weighted by Gasteiger charge is -2.43. The van der Waals surface area contributed by atoms with Crippen LogP contribution in [-0.2, 0) is 29.3 Å². The zero-order valence-corrected chi connectivity index (χ0v) is 29.5. The van der Waals surface area contributed by atoms with Gasteiger partial charge in [0.05, 0.1) is 12.6 Å². The second-order valence-electron chi connectivity index (χ2n) is 14.1. The van der Waals surface area contributed by atoms with Gasteiger partial charge >= 0.3 is 12.1 Å². The van der Waals surface area contributed by atoms with E-state index >= 15 is 0 Å². The van der Waals surface area contributed by atoms with E-state index in [1.807, 2.05) is 78.8 Å². The van der Waals surface area contributed by atoms with Gasteiger partial charge in [-0.25, -0.2) is 9.59 Å². The maximum absolute atomic E-state index is 14.4. The Morgan fingerprint density at radius 3 is 1.91 bits per heavy atom. The standard InChI is InChI=1S/C35H57N3O6/c1-15-34(9,10)27(30(40)37(13)26(23(3)4)22-24(5)31(41)43-16-2)36-29(39)28(38(14)32(42)44-33(6,7)8)35(11,12)25-20-18-17-19-21-25/h17-23,26-28H,15-16H2,1-14H3,(H,36,39)/t26-,27-,28-/m1/s1. The molecule has 9 nitrogen and oxygen atoms in total. The summed E-state index contributed by atoms with van der Waals surface area (Å²) in [5.74, 6) is -1.24. The highest BCUT2D eigenvalue weighted by Gasteiger charge is 2.46. The summed E-state index contributed by atoms with van der Waals surface area (Å²) in [6.45, 7) is 22.6. The molecule has 0 aliphatic rings. The van der Waals surface area contributed by atoms with Gasteiger partial charge in [-0.3, -0.25) is 14.5 Å². The zero-order valence-electron chi connectivity index (χ0n) is 29.5. The highest BCUT2D eigenvalue weighted by atomic mass is 16.6. The molecule has 0 radical (unpaired) electrons. The van der Waals surface area contributed by atoms with E-state index in [2.05, 4.69) is 5.32 Å².